The SMILES string of the molecule is CCCCCCCCCCCOS(=O)(=O)[O-].CCOCC.OCCO.[Na+]. The van der Waals surface area contributed by atoms with Gasteiger partial charge in [0.25, 0.3) is 0 Å². The van der Waals surface area contributed by atoms with Crippen LogP contribution >= 0.6 is 0 Å². The number of rotatable bonds is 14. The van der Waals surface area contributed by atoms with Crippen molar-refractivity contribution >= 4 is 10.4 Å². The Morgan fingerprint density at radius 2 is 1.15 bits per heavy atom. The molecule has 0 rings (SSSR count). The van der Waals surface area contributed by atoms with Crippen LogP contribution in [-0.2, 0) is 19.3 Å². The Balaban J connectivity index is -0.000000201. The molecule has 26 heavy (non-hydrogen) atoms. The molecule has 0 spiro atoms. The van der Waals surface area contributed by atoms with Gasteiger partial charge < -0.3 is 19.5 Å². The Kier molecular flexibility index (Phi) is 40.2. The quantitative estimate of drug-likeness (QED) is 0.179. The molecule has 0 aliphatic heterocycles. The van der Waals surface area contributed by atoms with E-state index in [2.05, 4.69) is 11.1 Å². The van der Waals surface area contributed by atoms with Gasteiger partial charge in [-0.25, -0.2) is 8.42 Å². The van der Waals surface area contributed by atoms with E-state index in [0.717, 1.165) is 26.1 Å². The third kappa shape index (κ3) is 49.8. The zero-order valence-electron chi connectivity index (χ0n) is 17.2. The fourth-order valence-corrected chi connectivity index (χ4v) is 2.10. The van der Waals surface area contributed by atoms with Crippen molar-refractivity contribution in [2.75, 3.05) is 33.0 Å². The van der Waals surface area contributed by atoms with E-state index in [-0.39, 0.29) is 49.4 Å². The number of ether oxygens (including phenoxy) is 1. The zero-order chi connectivity index (χ0) is 19.8. The average molecular weight is 411 g/mol. The third-order valence-electron chi connectivity index (χ3n) is 2.98. The van der Waals surface area contributed by atoms with Crippen LogP contribution in [0.25, 0.3) is 0 Å². The maximum atomic E-state index is 10.1. The summed E-state index contributed by atoms with van der Waals surface area (Å²) in [7, 11) is -4.48. The molecule has 0 bridgehead atoms. The van der Waals surface area contributed by atoms with Crippen molar-refractivity contribution in [3.63, 3.8) is 0 Å². The smallest absolute Gasteiger partial charge is 0.726 e. The first-order valence-corrected chi connectivity index (χ1v) is 10.6. The van der Waals surface area contributed by atoms with Crippen LogP contribution in [0.4, 0.5) is 0 Å². The van der Waals surface area contributed by atoms with Gasteiger partial charge in [0.05, 0.1) is 19.8 Å². The number of aliphatic hydroxyl groups is 2. The maximum absolute atomic E-state index is 10.1. The molecule has 0 fully saturated rings. The molecule has 7 nitrogen and oxygen atoms in total. The summed E-state index contributed by atoms with van der Waals surface area (Å²) in [5.74, 6) is 0. The minimum Gasteiger partial charge on any atom is -0.726 e. The molecule has 0 aliphatic carbocycles. The molecule has 0 aromatic rings. The largest absolute Gasteiger partial charge is 1.00 e. The minimum atomic E-state index is -4.48. The minimum absolute atomic E-state index is 0. The van der Waals surface area contributed by atoms with Crippen LogP contribution in [0.3, 0.4) is 0 Å². The summed E-state index contributed by atoms with van der Waals surface area (Å²) >= 11 is 0. The molecule has 9 heteroatoms. The number of hydrogen-bond donors (Lipinski definition) is 2. The third-order valence-corrected chi connectivity index (χ3v) is 3.44. The van der Waals surface area contributed by atoms with Gasteiger partial charge in [0, 0.05) is 13.2 Å². The summed E-state index contributed by atoms with van der Waals surface area (Å²) in [6.45, 7) is 7.64. The monoisotopic (exact) mass is 410 g/mol. The molecule has 0 aromatic heterocycles. The van der Waals surface area contributed by atoms with Crippen molar-refractivity contribution in [1.82, 2.24) is 0 Å². The Morgan fingerprint density at radius 3 is 1.42 bits per heavy atom. The second-order valence-electron chi connectivity index (χ2n) is 5.29. The first-order chi connectivity index (χ1) is 11.9. The van der Waals surface area contributed by atoms with E-state index in [1.165, 1.54) is 38.5 Å². The van der Waals surface area contributed by atoms with Gasteiger partial charge in [0.1, 0.15) is 0 Å². The van der Waals surface area contributed by atoms with Crippen molar-refractivity contribution in [3.8, 4) is 0 Å². The van der Waals surface area contributed by atoms with Crippen molar-refractivity contribution < 1.29 is 61.7 Å². The van der Waals surface area contributed by atoms with Gasteiger partial charge in [-0.15, -0.1) is 0 Å². The molecule has 0 radical (unpaired) electrons. The van der Waals surface area contributed by atoms with Gasteiger partial charge in [-0.2, -0.15) is 0 Å². The van der Waals surface area contributed by atoms with Crippen LogP contribution < -0.4 is 29.6 Å². The zero-order valence-corrected chi connectivity index (χ0v) is 20.1. The molecule has 156 valence electrons. The molecule has 0 heterocycles. The first kappa shape index (κ1) is 34.3. The van der Waals surface area contributed by atoms with Gasteiger partial charge >= 0.3 is 29.6 Å². The van der Waals surface area contributed by atoms with Crippen molar-refractivity contribution in [3.05, 3.63) is 0 Å². The molecular weight excluding hydrogens is 371 g/mol. The Hall–Kier alpha value is 0.750. The molecule has 0 aromatic carbocycles. The normalized spacial score (nSPS) is 10.1. The maximum Gasteiger partial charge on any atom is 1.00 e. The predicted octanol–water partition coefficient (Wildman–Crippen LogP) is 0.0118. The van der Waals surface area contributed by atoms with E-state index in [4.69, 9.17) is 14.9 Å². The summed E-state index contributed by atoms with van der Waals surface area (Å²) < 4.78 is 39.2. The fourth-order valence-electron chi connectivity index (χ4n) is 1.78. The van der Waals surface area contributed by atoms with E-state index in [1.54, 1.807) is 0 Å². The van der Waals surface area contributed by atoms with Crippen molar-refractivity contribution in [2.24, 2.45) is 0 Å². The van der Waals surface area contributed by atoms with Crippen LogP contribution in [0.5, 0.6) is 0 Å². The van der Waals surface area contributed by atoms with Gasteiger partial charge in [0.15, 0.2) is 0 Å². The van der Waals surface area contributed by atoms with Gasteiger partial charge in [0.2, 0.25) is 10.4 Å². The molecule has 0 saturated carbocycles. The standard InChI is InChI=1S/C11H24O4S.C4H10O.C2H6O2.Na/c1-2-3-4-5-6-7-8-9-10-11-15-16(12,13)14;1-3-5-4-2;3-1-2-4;/h2-11H2,1H3,(H,12,13,14);3-4H2,1-2H3;3-4H,1-2H2;/q;;;+1/p-1. The number of unbranched alkanes of at least 4 members (excludes halogenated alkanes) is 8. The topological polar surface area (TPSA) is 116 Å². The van der Waals surface area contributed by atoms with E-state index >= 15 is 0 Å². The number of hydrogen-bond acceptors (Lipinski definition) is 7. The fraction of sp³-hybridized carbons (Fsp3) is 1.00. The number of aliphatic hydroxyl groups excluding tert-OH is 2. The molecule has 0 saturated heterocycles. The molecule has 0 amide bonds. The molecule has 0 atom stereocenters. The summed E-state index contributed by atoms with van der Waals surface area (Å²) in [5, 5.41) is 15.2. The second kappa shape index (κ2) is 30.5. The van der Waals surface area contributed by atoms with Crippen LogP contribution in [0.2, 0.25) is 0 Å². The first-order valence-electron chi connectivity index (χ1n) is 9.29. The molecule has 0 unspecified atom stereocenters. The molecule has 0 aliphatic rings. The van der Waals surface area contributed by atoms with Gasteiger partial charge in [-0.1, -0.05) is 58.3 Å². The van der Waals surface area contributed by atoms with E-state index in [9.17, 15) is 13.0 Å². The van der Waals surface area contributed by atoms with E-state index < -0.39 is 10.4 Å². The Labute approximate surface area is 183 Å². The van der Waals surface area contributed by atoms with Gasteiger partial charge in [-0.3, -0.25) is 4.18 Å². The van der Waals surface area contributed by atoms with Crippen molar-refractivity contribution in [2.45, 2.75) is 78.6 Å². The Morgan fingerprint density at radius 1 is 0.769 bits per heavy atom. The summed E-state index contributed by atoms with van der Waals surface area (Å²) in [6.07, 6.45) is 10.3. The van der Waals surface area contributed by atoms with Crippen LogP contribution in [0.1, 0.15) is 78.6 Å². The average Bonchev–Trinajstić information content (AvgIpc) is 2.57. The van der Waals surface area contributed by atoms with Crippen molar-refractivity contribution in [1.29, 1.82) is 0 Å². The summed E-state index contributed by atoms with van der Waals surface area (Å²) in [6, 6.07) is 0. The molecule has 2 N–H and O–H groups in total. The van der Waals surface area contributed by atoms with E-state index in [0.29, 0.717) is 6.42 Å². The van der Waals surface area contributed by atoms with Crippen LogP contribution in [-0.4, -0.2) is 56.2 Å². The molecular formula is C17H39NaO7S. The van der Waals surface area contributed by atoms with Crippen LogP contribution in [0.15, 0.2) is 0 Å². The van der Waals surface area contributed by atoms with Gasteiger partial charge in [-0.05, 0) is 20.3 Å². The summed E-state index contributed by atoms with van der Waals surface area (Å²) in [4.78, 5) is 0. The predicted molar refractivity (Wildman–Crippen MR) is 99.2 cm³/mol. The Bertz CT molecular complexity index is 310. The summed E-state index contributed by atoms with van der Waals surface area (Å²) in [5.41, 5.74) is 0. The second-order valence-corrected chi connectivity index (χ2v) is 6.34. The van der Waals surface area contributed by atoms with E-state index in [1.807, 2.05) is 13.8 Å². The van der Waals surface area contributed by atoms with Crippen LogP contribution in [0, 0.1) is 0 Å².